The molecule has 0 aliphatic carbocycles. The summed E-state index contributed by atoms with van der Waals surface area (Å²) < 4.78 is 43.1. The van der Waals surface area contributed by atoms with Crippen molar-refractivity contribution in [1.82, 2.24) is 0 Å². The second-order valence-electron chi connectivity index (χ2n) is 3.67. The zero-order chi connectivity index (χ0) is 11.9. The second kappa shape index (κ2) is 3.47. The third kappa shape index (κ3) is 1.75. The Morgan fingerprint density at radius 2 is 2.06 bits per heavy atom. The number of hydrogen-bond donors (Lipinski definition) is 1. The number of benzene rings is 1. The number of halogens is 3. The van der Waals surface area contributed by atoms with Crippen LogP contribution in [0.4, 0.5) is 24.5 Å². The monoisotopic (exact) mass is 232 g/mol. The third-order valence-electron chi connectivity index (χ3n) is 2.53. The van der Waals surface area contributed by atoms with Crippen molar-refractivity contribution >= 4 is 11.4 Å². The summed E-state index contributed by atoms with van der Waals surface area (Å²) in [6.07, 6.45) is -4.43. The molecule has 1 aliphatic heterocycles. The van der Waals surface area contributed by atoms with Crippen molar-refractivity contribution in [3.8, 4) is 5.75 Å². The molecule has 0 saturated carbocycles. The molecule has 0 unspecified atom stereocenters. The molecule has 0 aromatic heterocycles. The fourth-order valence-electron chi connectivity index (χ4n) is 1.66. The van der Waals surface area contributed by atoms with E-state index in [0.29, 0.717) is 24.6 Å². The summed E-state index contributed by atoms with van der Waals surface area (Å²) in [4.78, 5) is 1.72. The lowest BCUT2D eigenvalue weighted by molar-refractivity contribution is -0.136. The Labute approximate surface area is 90.6 Å². The van der Waals surface area contributed by atoms with Gasteiger partial charge < -0.3 is 15.4 Å². The highest BCUT2D eigenvalue weighted by Crippen LogP contribution is 2.41. The molecule has 0 saturated heterocycles. The van der Waals surface area contributed by atoms with E-state index >= 15 is 0 Å². The van der Waals surface area contributed by atoms with Gasteiger partial charge in [-0.2, -0.15) is 13.2 Å². The zero-order valence-corrected chi connectivity index (χ0v) is 8.64. The number of rotatable bonds is 0. The topological polar surface area (TPSA) is 38.5 Å². The number of likely N-dealkylation sites (N-methyl/N-ethyl adjacent to an activating group) is 1. The van der Waals surface area contributed by atoms with Gasteiger partial charge in [-0.3, -0.25) is 0 Å². The van der Waals surface area contributed by atoms with Crippen LogP contribution in [-0.4, -0.2) is 20.2 Å². The Morgan fingerprint density at radius 1 is 1.38 bits per heavy atom. The van der Waals surface area contributed by atoms with E-state index in [2.05, 4.69) is 0 Å². The van der Waals surface area contributed by atoms with Gasteiger partial charge >= 0.3 is 6.18 Å². The van der Waals surface area contributed by atoms with Gasteiger partial charge in [-0.25, -0.2) is 0 Å². The number of ether oxygens (including phenoxy) is 1. The van der Waals surface area contributed by atoms with E-state index in [9.17, 15) is 13.2 Å². The smallest absolute Gasteiger partial charge is 0.418 e. The van der Waals surface area contributed by atoms with E-state index in [0.717, 1.165) is 6.07 Å². The molecule has 1 aromatic carbocycles. The molecule has 0 spiro atoms. The maximum absolute atomic E-state index is 12.6. The number of alkyl halides is 3. The number of nitrogens with two attached hydrogens (primary N) is 1. The molecule has 0 amide bonds. The molecule has 1 aliphatic rings. The molecule has 88 valence electrons. The predicted octanol–water partition coefficient (Wildman–Crippen LogP) is 2.12. The Morgan fingerprint density at radius 3 is 2.69 bits per heavy atom. The minimum atomic E-state index is -4.43. The molecular formula is C10H11F3N2O. The summed E-state index contributed by atoms with van der Waals surface area (Å²) in [5.74, 6) is 0.402. The Hall–Kier alpha value is -1.59. The minimum absolute atomic E-state index is 0.304. The molecule has 2 rings (SSSR count). The van der Waals surface area contributed by atoms with E-state index in [1.54, 1.807) is 11.9 Å². The molecule has 0 radical (unpaired) electrons. The lowest BCUT2D eigenvalue weighted by Crippen LogP contribution is -2.29. The third-order valence-corrected chi connectivity index (χ3v) is 2.53. The van der Waals surface area contributed by atoms with Gasteiger partial charge in [-0.05, 0) is 6.07 Å². The van der Waals surface area contributed by atoms with Crippen LogP contribution in [0.5, 0.6) is 5.75 Å². The van der Waals surface area contributed by atoms with Crippen LogP contribution in [0.25, 0.3) is 0 Å². The van der Waals surface area contributed by atoms with Gasteiger partial charge in [0.05, 0.1) is 17.8 Å². The van der Waals surface area contributed by atoms with Gasteiger partial charge in [-0.15, -0.1) is 0 Å². The molecule has 0 fully saturated rings. The number of nitrogen functional groups attached to an aromatic ring is 1. The summed E-state index contributed by atoms with van der Waals surface area (Å²) >= 11 is 0. The van der Waals surface area contributed by atoms with Crippen molar-refractivity contribution in [3.63, 3.8) is 0 Å². The molecule has 2 N–H and O–H groups in total. The Kier molecular flexibility index (Phi) is 2.36. The molecule has 6 heteroatoms. The summed E-state index contributed by atoms with van der Waals surface area (Å²) in [5.41, 5.74) is 4.66. The highest BCUT2D eigenvalue weighted by Gasteiger charge is 2.34. The van der Waals surface area contributed by atoms with Crippen LogP contribution in [0.2, 0.25) is 0 Å². The predicted molar refractivity (Wildman–Crippen MR) is 54.6 cm³/mol. The number of nitrogens with zero attached hydrogens (tertiary/aromatic N) is 1. The van der Waals surface area contributed by atoms with Crippen molar-refractivity contribution in [2.45, 2.75) is 6.18 Å². The number of anilines is 2. The fraction of sp³-hybridized carbons (Fsp3) is 0.400. The van der Waals surface area contributed by atoms with Crippen LogP contribution in [0.1, 0.15) is 5.56 Å². The first kappa shape index (κ1) is 10.9. The van der Waals surface area contributed by atoms with E-state index in [1.165, 1.54) is 6.07 Å². The van der Waals surface area contributed by atoms with E-state index < -0.39 is 11.7 Å². The highest BCUT2D eigenvalue weighted by atomic mass is 19.4. The molecule has 1 heterocycles. The first-order chi connectivity index (χ1) is 7.39. The minimum Gasteiger partial charge on any atom is -0.489 e. The van der Waals surface area contributed by atoms with Crippen LogP contribution < -0.4 is 15.4 Å². The molecule has 1 aromatic rings. The van der Waals surface area contributed by atoms with Gasteiger partial charge in [-0.1, -0.05) is 0 Å². The van der Waals surface area contributed by atoms with E-state index in [-0.39, 0.29) is 5.69 Å². The van der Waals surface area contributed by atoms with Gasteiger partial charge in [0.15, 0.2) is 0 Å². The lowest BCUT2D eigenvalue weighted by Gasteiger charge is -2.28. The van der Waals surface area contributed by atoms with Gasteiger partial charge in [0.25, 0.3) is 0 Å². The SMILES string of the molecule is CN1CCOc2cc(N)c(C(F)(F)F)cc21. The van der Waals surface area contributed by atoms with Crippen LogP contribution in [0.15, 0.2) is 12.1 Å². The van der Waals surface area contributed by atoms with Gasteiger partial charge in [0, 0.05) is 18.8 Å². The maximum Gasteiger partial charge on any atom is 0.418 e. The Balaban J connectivity index is 2.54. The van der Waals surface area contributed by atoms with Crippen molar-refractivity contribution < 1.29 is 17.9 Å². The van der Waals surface area contributed by atoms with E-state index in [1.807, 2.05) is 0 Å². The largest absolute Gasteiger partial charge is 0.489 e. The Bertz CT molecular complexity index is 417. The lowest BCUT2D eigenvalue weighted by atomic mass is 10.1. The van der Waals surface area contributed by atoms with Crippen LogP contribution in [-0.2, 0) is 6.18 Å². The van der Waals surface area contributed by atoms with Gasteiger partial charge in [0.2, 0.25) is 0 Å². The van der Waals surface area contributed by atoms with Crippen LogP contribution >= 0.6 is 0 Å². The number of fused-ring (bicyclic) bond motifs is 1. The van der Waals surface area contributed by atoms with Crippen molar-refractivity contribution in [1.29, 1.82) is 0 Å². The quantitative estimate of drug-likeness (QED) is 0.696. The van der Waals surface area contributed by atoms with Crippen molar-refractivity contribution in [3.05, 3.63) is 17.7 Å². The average Bonchev–Trinajstić information content (AvgIpc) is 2.15. The summed E-state index contributed by atoms with van der Waals surface area (Å²) in [6.45, 7) is 1.02. The second-order valence-corrected chi connectivity index (χ2v) is 3.67. The molecule has 3 nitrogen and oxygen atoms in total. The summed E-state index contributed by atoms with van der Waals surface area (Å²) in [5, 5.41) is 0. The van der Waals surface area contributed by atoms with Crippen molar-refractivity contribution in [2.24, 2.45) is 0 Å². The summed E-state index contributed by atoms with van der Waals surface area (Å²) in [6, 6.07) is 2.26. The average molecular weight is 232 g/mol. The standard InChI is InChI=1S/C10H11F3N2O/c1-15-2-3-16-9-5-7(14)6(4-8(9)15)10(11,12)13/h4-5H,2-3,14H2,1H3. The van der Waals surface area contributed by atoms with Crippen LogP contribution in [0.3, 0.4) is 0 Å². The molecular weight excluding hydrogens is 221 g/mol. The molecule has 0 bridgehead atoms. The van der Waals surface area contributed by atoms with E-state index in [4.69, 9.17) is 10.5 Å². The van der Waals surface area contributed by atoms with Crippen LogP contribution in [0, 0.1) is 0 Å². The zero-order valence-electron chi connectivity index (χ0n) is 8.64. The van der Waals surface area contributed by atoms with Gasteiger partial charge in [0.1, 0.15) is 12.4 Å². The fourth-order valence-corrected chi connectivity index (χ4v) is 1.66. The first-order valence-corrected chi connectivity index (χ1v) is 4.74. The first-order valence-electron chi connectivity index (χ1n) is 4.74. The molecule has 16 heavy (non-hydrogen) atoms. The highest BCUT2D eigenvalue weighted by molar-refractivity contribution is 5.68. The maximum atomic E-state index is 12.6. The molecule has 0 atom stereocenters. The summed E-state index contributed by atoms with van der Waals surface area (Å²) in [7, 11) is 1.72. The number of hydrogen-bond acceptors (Lipinski definition) is 3. The normalized spacial score (nSPS) is 15.6. The van der Waals surface area contributed by atoms with Crippen molar-refractivity contribution in [2.75, 3.05) is 30.8 Å².